The first-order chi connectivity index (χ1) is 34.0. The van der Waals surface area contributed by atoms with Crippen molar-refractivity contribution < 1.29 is 33.6 Å². The Balaban J connectivity index is 1.23. The number of ether oxygens (including phenoxy) is 2. The predicted octanol–water partition coefficient (Wildman–Crippen LogP) is 7.58. The number of nitro groups is 1. The highest BCUT2D eigenvalue weighted by Crippen LogP contribution is 2.28. The van der Waals surface area contributed by atoms with Crippen LogP contribution in [0.2, 0.25) is 0 Å². The number of non-ortho nitro benzene ring substituents is 1. The third-order valence-electron chi connectivity index (χ3n) is 11.0. The first kappa shape index (κ1) is 56.7. The van der Waals surface area contributed by atoms with Gasteiger partial charge in [0.2, 0.25) is 11.9 Å². The summed E-state index contributed by atoms with van der Waals surface area (Å²) in [6, 6.07) is 14.4. The van der Waals surface area contributed by atoms with Crippen molar-refractivity contribution in [1.82, 2.24) is 41.2 Å². The SMILES string of the molecule is Cc1cc(=O)nc(NC(=O)NCCC(C)CC(C)(C)CNC(=O)OCCN(CCOC(=O)NCC(C)(C)CC(C)CCNC(=O)Nc2nc(=O)cc(C)[nH]2)c2ccc(/N=N/c3ccc([N+](=O)[O-])cc3)cc2)[nH]1. The van der Waals surface area contributed by atoms with E-state index in [0.29, 0.717) is 61.8 Å². The zero-order valence-electron chi connectivity index (χ0n) is 42.2. The van der Waals surface area contributed by atoms with Crippen molar-refractivity contribution in [3.8, 4) is 0 Å². The van der Waals surface area contributed by atoms with Gasteiger partial charge in [0.25, 0.3) is 16.8 Å². The number of hydrogen-bond acceptors (Lipinski definition) is 15. The summed E-state index contributed by atoms with van der Waals surface area (Å²) in [6.07, 6.45) is 1.63. The lowest BCUT2D eigenvalue weighted by molar-refractivity contribution is -0.384. The van der Waals surface area contributed by atoms with Crippen LogP contribution in [0.1, 0.15) is 78.6 Å². The Morgan fingerprint density at radius 3 is 1.47 bits per heavy atom. The van der Waals surface area contributed by atoms with Crippen LogP contribution in [0.4, 0.5) is 53.8 Å². The predicted molar refractivity (Wildman–Crippen MR) is 272 cm³/mol. The fourth-order valence-corrected chi connectivity index (χ4v) is 7.76. The number of hydrogen-bond donors (Lipinski definition) is 8. The topological polar surface area (TPSA) is 322 Å². The van der Waals surface area contributed by atoms with Gasteiger partial charge in [0.15, 0.2) is 0 Å². The van der Waals surface area contributed by atoms with E-state index >= 15 is 0 Å². The maximum atomic E-state index is 12.9. The smallest absolute Gasteiger partial charge is 0.407 e. The van der Waals surface area contributed by atoms with Crippen LogP contribution in [-0.4, -0.2) is 102 Å². The number of alkyl carbamates (subject to hydrolysis) is 2. The average molecular weight is 1000 g/mol. The van der Waals surface area contributed by atoms with Gasteiger partial charge < -0.3 is 45.6 Å². The molecular weight excluding hydrogens is 933 g/mol. The number of carbonyl (C=O) groups is 4. The van der Waals surface area contributed by atoms with Crippen LogP contribution in [0.5, 0.6) is 0 Å². The molecule has 0 saturated heterocycles. The molecule has 24 nitrogen and oxygen atoms in total. The van der Waals surface area contributed by atoms with Gasteiger partial charge in [-0.25, -0.2) is 19.2 Å². The molecular formula is C48H68N14O10. The van der Waals surface area contributed by atoms with Crippen molar-refractivity contribution in [3.63, 3.8) is 0 Å². The molecule has 0 bridgehead atoms. The van der Waals surface area contributed by atoms with E-state index in [9.17, 15) is 38.9 Å². The van der Waals surface area contributed by atoms with Crippen molar-refractivity contribution in [2.24, 2.45) is 32.9 Å². The number of H-pyrrole nitrogens is 2. The van der Waals surface area contributed by atoms with E-state index in [4.69, 9.17) is 9.47 Å². The molecule has 8 N–H and O–H groups in total. The van der Waals surface area contributed by atoms with Gasteiger partial charge in [-0.2, -0.15) is 20.2 Å². The molecule has 2 aromatic carbocycles. The molecule has 0 aliphatic rings. The Morgan fingerprint density at radius 2 is 1.08 bits per heavy atom. The number of rotatable bonds is 26. The Kier molecular flexibility index (Phi) is 21.6. The average Bonchev–Trinajstić information content (AvgIpc) is 3.28. The number of aromatic amines is 2. The third kappa shape index (κ3) is 21.8. The molecule has 6 amide bonds. The largest absolute Gasteiger partial charge is 0.448 e. The van der Waals surface area contributed by atoms with Crippen molar-refractivity contribution in [2.45, 2.75) is 81.1 Å². The summed E-state index contributed by atoms with van der Waals surface area (Å²) >= 11 is 0. The van der Waals surface area contributed by atoms with Crippen LogP contribution in [-0.2, 0) is 9.47 Å². The van der Waals surface area contributed by atoms with Gasteiger partial charge in [0.1, 0.15) is 13.2 Å². The number of nitrogens with zero attached hydrogens (tertiary/aromatic N) is 6. The van der Waals surface area contributed by atoms with E-state index < -0.39 is 40.3 Å². The minimum absolute atomic E-state index is 0.00747. The molecule has 0 aliphatic carbocycles. The fourth-order valence-electron chi connectivity index (χ4n) is 7.76. The summed E-state index contributed by atoms with van der Waals surface area (Å²) in [5.41, 5.74) is 1.25. The summed E-state index contributed by atoms with van der Waals surface area (Å²) < 4.78 is 11.2. The number of urea groups is 2. The summed E-state index contributed by atoms with van der Waals surface area (Å²) in [5, 5.41) is 35.7. The molecule has 2 aromatic heterocycles. The van der Waals surface area contributed by atoms with Crippen LogP contribution >= 0.6 is 0 Å². The first-order valence-corrected chi connectivity index (χ1v) is 23.6. The second-order valence-corrected chi connectivity index (χ2v) is 19.2. The molecule has 24 heteroatoms. The fraction of sp³-hybridized carbons (Fsp3) is 0.500. The zero-order valence-corrected chi connectivity index (χ0v) is 42.2. The summed E-state index contributed by atoms with van der Waals surface area (Å²) in [7, 11) is 0. The summed E-state index contributed by atoms with van der Waals surface area (Å²) in [4.78, 5) is 99.2. The first-order valence-electron chi connectivity index (χ1n) is 23.6. The minimum atomic E-state index is -0.595. The van der Waals surface area contributed by atoms with E-state index in [2.05, 4.69) is 75.9 Å². The molecule has 0 fully saturated rings. The number of amides is 6. The Labute approximate surface area is 417 Å². The van der Waals surface area contributed by atoms with Gasteiger partial charge in [0.05, 0.1) is 29.4 Å². The highest BCUT2D eigenvalue weighted by atomic mass is 16.6. The van der Waals surface area contributed by atoms with Crippen LogP contribution in [0, 0.1) is 46.6 Å². The number of carbonyl (C=O) groups excluding carboxylic acids is 4. The van der Waals surface area contributed by atoms with E-state index in [-0.39, 0.29) is 66.6 Å². The lowest BCUT2D eigenvalue weighted by Gasteiger charge is -2.29. The Bertz CT molecular complexity index is 2460. The number of aryl methyl sites for hydroxylation is 2. The number of benzene rings is 2. The monoisotopic (exact) mass is 1000 g/mol. The van der Waals surface area contributed by atoms with Gasteiger partial charge in [-0.3, -0.25) is 30.3 Å². The Morgan fingerprint density at radius 1 is 0.681 bits per heavy atom. The molecule has 0 saturated carbocycles. The number of anilines is 3. The van der Waals surface area contributed by atoms with Crippen molar-refractivity contribution >= 4 is 58.9 Å². The quantitative estimate of drug-likeness (QED) is 0.0171. The number of aromatic nitrogens is 4. The lowest BCUT2D eigenvalue weighted by Crippen LogP contribution is -2.38. The van der Waals surface area contributed by atoms with Crippen LogP contribution in [0.3, 0.4) is 0 Å². The Hall–Kier alpha value is -7.92. The van der Waals surface area contributed by atoms with Crippen molar-refractivity contribution in [3.05, 3.63) is 103 Å². The lowest BCUT2D eigenvalue weighted by atomic mass is 9.82. The standard InChI is InChI=1S/C48H68N14O10/c1-31(17-19-49-43(65)57-41-53-33(3)25-39(63)55-41)27-47(5,6)29-51-45(67)71-23-21-61(37-13-9-35(10-14-37)59-60-36-11-15-38(16-12-36)62(69)70)22-24-72-46(68)52-30-48(7,8)28-32(2)18-20-50-44(66)58-42-54-34(4)26-40(64)56-42/h9-16,25-26,31-32H,17-24,27-30H2,1-8H3,(H,51,67)(H,52,68)(H3,49,53,55,57,63,65)(H3,50,54,56,58,64,66)/b60-59+. The molecule has 0 radical (unpaired) electrons. The van der Waals surface area contributed by atoms with Gasteiger partial charge in [-0.1, -0.05) is 41.5 Å². The zero-order chi connectivity index (χ0) is 52.8. The van der Waals surface area contributed by atoms with Crippen LogP contribution in [0.25, 0.3) is 0 Å². The van der Waals surface area contributed by atoms with E-state index in [1.807, 2.05) is 32.6 Å². The molecule has 4 rings (SSSR count). The number of nitrogens with one attached hydrogen (secondary N) is 8. The number of nitro benzene ring substituents is 1. The summed E-state index contributed by atoms with van der Waals surface area (Å²) in [5.74, 6) is 0.515. The van der Waals surface area contributed by atoms with Crippen LogP contribution < -0.4 is 47.9 Å². The molecule has 2 heterocycles. The molecule has 390 valence electrons. The highest BCUT2D eigenvalue weighted by molar-refractivity contribution is 5.87. The van der Waals surface area contributed by atoms with Crippen molar-refractivity contribution in [2.75, 3.05) is 68.0 Å². The maximum Gasteiger partial charge on any atom is 0.407 e. The third-order valence-corrected chi connectivity index (χ3v) is 11.0. The van der Waals surface area contributed by atoms with Gasteiger partial charge in [-0.05, 0) is 98.6 Å². The second kappa shape index (κ2) is 27.5. The summed E-state index contributed by atoms with van der Waals surface area (Å²) in [6.45, 7) is 17.6. The molecule has 4 aromatic rings. The highest BCUT2D eigenvalue weighted by Gasteiger charge is 2.24. The van der Waals surface area contributed by atoms with E-state index in [1.165, 1.54) is 36.4 Å². The second-order valence-electron chi connectivity index (χ2n) is 19.2. The van der Waals surface area contributed by atoms with Gasteiger partial charge >= 0.3 is 24.2 Å². The molecule has 0 spiro atoms. The van der Waals surface area contributed by atoms with Gasteiger partial charge in [-0.15, -0.1) is 0 Å². The molecule has 0 aliphatic heterocycles. The molecule has 72 heavy (non-hydrogen) atoms. The van der Waals surface area contributed by atoms with Crippen LogP contribution in [0.15, 0.2) is 80.5 Å². The maximum absolute atomic E-state index is 12.9. The van der Waals surface area contributed by atoms with E-state index in [0.717, 1.165) is 18.5 Å². The minimum Gasteiger partial charge on any atom is -0.448 e. The van der Waals surface area contributed by atoms with Gasteiger partial charge in [0, 0.05) is 67.5 Å². The van der Waals surface area contributed by atoms with E-state index in [1.54, 1.807) is 38.1 Å². The molecule has 2 atom stereocenters. The normalized spacial score (nSPS) is 12.3. The van der Waals surface area contributed by atoms with Crippen molar-refractivity contribution in [1.29, 1.82) is 0 Å². The molecule has 2 unspecified atom stereocenters. The number of azo groups is 1.